The Labute approximate surface area is 121 Å². The van der Waals surface area contributed by atoms with Crippen molar-refractivity contribution in [2.45, 2.75) is 13.0 Å². The van der Waals surface area contributed by atoms with E-state index in [9.17, 15) is 9.50 Å². The van der Waals surface area contributed by atoms with E-state index in [2.05, 4.69) is 15.2 Å². The van der Waals surface area contributed by atoms with Crippen LogP contribution in [-0.2, 0) is 13.0 Å². The molecule has 1 aromatic carbocycles. The number of nitrogens with zero attached hydrogens (tertiary/aromatic N) is 2. The number of H-pyrrole nitrogens is 1. The maximum Gasteiger partial charge on any atom is 0.123 e. The standard InChI is InChI=1S/C16H14FN3O/c17-13-3-1-11(2-4-13)9-15-14(10-21)16(20-19-15)12-5-7-18-8-6-12/h1-8,21H,9-10H2,(H,19,20). The highest BCUT2D eigenvalue weighted by atomic mass is 19.1. The van der Waals surface area contributed by atoms with E-state index >= 15 is 0 Å². The van der Waals surface area contributed by atoms with Crippen molar-refractivity contribution in [2.24, 2.45) is 0 Å². The fourth-order valence-corrected chi connectivity index (χ4v) is 2.27. The van der Waals surface area contributed by atoms with E-state index in [-0.39, 0.29) is 12.4 Å². The topological polar surface area (TPSA) is 61.8 Å². The minimum absolute atomic E-state index is 0.106. The number of aromatic nitrogens is 3. The minimum atomic E-state index is -0.261. The summed E-state index contributed by atoms with van der Waals surface area (Å²) in [5, 5.41) is 16.9. The van der Waals surface area contributed by atoms with Gasteiger partial charge in [-0.15, -0.1) is 0 Å². The Hall–Kier alpha value is -2.53. The summed E-state index contributed by atoms with van der Waals surface area (Å²) in [6.07, 6.45) is 3.93. The van der Waals surface area contributed by atoms with Gasteiger partial charge in [-0.2, -0.15) is 5.10 Å². The van der Waals surface area contributed by atoms with Gasteiger partial charge in [-0.1, -0.05) is 12.1 Å². The molecule has 0 bridgehead atoms. The Balaban J connectivity index is 1.93. The summed E-state index contributed by atoms with van der Waals surface area (Å²) in [5.74, 6) is -0.261. The van der Waals surface area contributed by atoms with Gasteiger partial charge < -0.3 is 5.11 Å². The first-order valence-electron chi connectivity index (χ1n) is 6.59. The Kier molecular flexibility index (Phi) is 3.75. The molecule has 0 unspecified atom stereocenters. The molecule has 5 heteroatoms. The van der Waals surface area contributed by atoms with E-state index in [0.29, 0.717) is 6.42 Å². The molecule has 0 saturated heterocycles. The first-order chi connectivity index (χ1) is 10.3. The van der Waals surface area contributed by atoms with Gasteiger partial charge in [0, 0.05) is 35.6 Å². The normalized spacial score (nSPS) is 10.8. The molecular weight excluding hydrogens is 269 g/mol. The number of pyridine rings is 1. The lowest BCUT2D eigenvalue weighted by Crippen LogP contribution is -1.95. The van der Waals surface area contributed by atoms with Crippen molar-refractivity contribution < 1.29 is 9.50 Å². The third kappa shape index (κ3) is 2.83. The number of hydrogen-bond acceptors (Lipinski definition) is 3. The third-order valence-corrected chi connectivity index (χ3v) is 3.36. The molecule has 0 aliphatic heterocycles. The van der Waals surface area contributed by atoms with Crippen molar-refractivity contribution in [3.05, 3.63) is 71.4 Å². The average molecular weight is 283 g/mol. The van der Waals surface area contributed by atoms with E-state index in [4.69, 9.17) is 0 Å². The molecule has 4 nitrogen and oxygen atoms in total. The van der Waals surface area contributed by atoms with Gasteiger partial charge >= 0.3 is 0 Å². The molecule has 2 heterocycles. The van der Waals surface area contributed by atoms with Crippen molar-refractivity contribution in [2.75, 3.05) is 0 Å². The number of nitrogens with one attached hydrogen (secondary N) is 1. The molecule has 2 N–H and O–H groups in total. The number of aliphatic hydroxyl groups is 1. The van der Waals surface area contributed by atoms with Crippen LogP contribution in [0.1, 0.15) is 16.8 Å². The first-order valence-corrected chi connectivity index (χ1v) is 6.59. The number of hydrogen-bond donors (Lipinski definition) is 2. The summed E-state index contributed by atoms with van der Waals surface area (Å²) in [5.41, 5.74) is 4.16. The van der Waals surface area contributed by atoms with Crippen LogP contribution in [0.2, 0.25) is 0 Å². The van der Waals surface area contributed by atoms with Crippen LogP contribution in [0.5, 0.6) is 0 Å². The molecule has 0 atom stereocenters. The van der Waals surface area contributed by atoms with Gasteiger partial charge in [0.1, 0.15) is 5.82 Å². The van der Waals surface area contributed by atoms with E-state index in [1.807, 2.05) is 12.1 Å². The summed E-state index contributed by atoms with van der Waals surface area (Å²) < 4.78 is 12.9. The second-order valence-electron chi connectivity index (χ2n) is 4.73. The largest absolute Gasteiger partial charge is 0.392 e. The smallest absolute Gasteiger partial charge is 0.123 e. The molecule has 0 aliphatic rings. The number of rotatable bonds is 4. The van der Waals surface area contributed by atoms with Crippen molar-refractivity contribution in [1.29, 1.82) is 0 Å². The zero-order chi connectivity index (χ0) is 14.7. The quantitative estimate of drug-likeness (QED) is 0.774. The third-order valence-electron chi connectivity index (χ3n) is 3.36. The van der Waals surface area contributed by atoms with Crippen molar-refractivity contribution in [1.82, 2.24) is 15.2 Å². The molecule has 0 fully saturated rings. The van der Waals surface area contributed by atoms with Crippen molar-refractivity contribution >= 4 is 0 Å². The van der Waals surface area contributed by atoms with Crippen LogP contribution >= 0.6 is 0 Å². The maximum atomic E-state index is 12.9. The van der Waals surface area contributed by atoms with Gasteiger partial charge in [-0.3, -0.25) is 10.1 Å². The molecule has 106 valence electrons. The number of aliphatic hydroxyl groups excluding tert-OH is 1. The lowest BCUT2D eigenvalue weighted by atomic mass is 10.0. The van der Waals surface area contributed by atoms with Crippen LogP contribution in [0.25, 0.3) is 11.3 Å². The Morgan fingerprint density at radius 1 is 1.05 bits per heavy atom. The lowest BCUT2D eigenvalue weighted by Gasteiger charge is -2.03. The van der Waals surface area contributed by atoms with Gasteiger partial charge in [0.2, 0.25) is 0 Å². The number of aromatic amines is 1. The van der Waals surface area contributed by atoms with Gasteiger partial charge in [-0.05, 0) is 29.8 Å². The van der Waals surface area contributed by atoms with Crippen LogP contribution in [0.3, 0.4) is 0 Å². The van der Waals surface area contributed by atoms with Crippen molar-refractivity contribution in [3.63, 3.8) is 0 Å². The van der Waals surface area contributed by atoms with Crippen LogP contribution in [0.15, 0.2) is 48.8 Å². The van der Waals surface area contributed by atoms with Crippen LogP contribution in [0, 0.1) is 5.82 Å². The Morgan fingerprint density at radius 2 is 1.76 bits per heavy atom. The first kappa shape index (κ1) is 13.5. The highest BCUT2D eigenvalue weighted by molar-refractivity contribution is 5.63. The predicted molar refractivity (Wildman–Crippen MR) is 76.9 cm³/mol. The highest BCUT2D eigenvalue weighted by Gasteiger charge is 2.14. The van der Waals surface area contributed by atoms with Gasteiger partial charge in [0.15, 0.2) is 0 Å². The minimum Gasteiger partial charge on any atom is -0.392 e. The van der Waals surface area contributed by atoms with E-state index in [1.165, 1.54) is 12.1 Å². The summed E-state index contributed by atoms with van der Waals surface area (Å²) >= 11 is 0. The Bertz CT molecular complexity index is 723. The molecule has 3 aromatic rings. The van der Waals surface area contributed by atoms with E-state index in [0.717, 1.165) is 28.1 Å². The average Bonchev–Trinajstić information content (AvgIpc) is 2.93. The molecule has 21 heavy (non-hydrogen) atoms. The second-order valence-corrected chi connectivity index (χ2v) is 4.73. The fraction of sp³-hybridized carbons (Fsp3) is 0.125. The molecule has 0 aliphatic carbocycles. The highest BCUT2D eigenvalue weighted by Crippen LogP contribution is 2.24. The SMILES string of the molecule is OCc1c(-c2ccncc2)n[nH]c1Cc1ccc(F)cc1. The molecule has 0 amide bonds. The molecule has 3 rings (SSSR count). The fourth-order valence-electron chi connectivity index (χ4n) is 2.27. The monoisotopic (exact) mass is 283 g/mol. The van der Waals surface area contributed by atoms with Crippen LogP contribution in [-0.4, -0.2) is 20.3 Å². The predicted octanol–water partition coefficient (Wildman–Crippen LogP) is 2.69. The maximum absolute atomic E-state index is 12.9. The Morgan fingerprint density at radius 3 is 2.43 bits per heavy atom. The van der Waals surface area contributed by atoms with Crippen LogP contribution in [0.4, 0.5) is 4.39 Å². The summed E-state index contributed by atoms with van der Waals surface area (Å²) in [4.78, 5) is 3.97. The molecular formula is C16H14FN3O. The molecule has 0 radical (unpaired) electrons. The molecule has 0 saturated carbocycles. The summed E-state index contributed by atoms with van der Waals surface area (Å²) in [6.45, 7) is -0.106. The van der Waals surface area contributed by atoms with E-state index in [1.54, 1.807) is 24.5 Å². The van der Waals surface area contributed by atoms with Gasteiger partial charge in [0.25, 0.3) is 0 Å². The van der Waals surface area contributed by atoms with Gasteiger partial charge in [0.05, 0.1) is 12.3 Å². The summed E-state index contributed by atoms with van der Waals surface area (Å²) in [6, 6.07) is 9.99. The zero-order valence-electron chi connectivity index (χ0n) is 11.3. The molecule has 0 spiro atoms. The molecule has 2 aromatic heterocycles. The van der Waals surface area contributed by atoms with Crippen molar-refractivity contribution in [3.8, 4) is 11.3 Å². The number of benzene rings is 1. The number of halogens is 1. The van der Waals surface area contributed by atoms with Gasteiger partial charge in [-0.25, -0.2) is 4.39 Å². The summed E-state index contributed by atoms with van der Waals surface area (Å²) in [7, 11) is 0. The van der Waals surface area contributed by atoms with Crippen LogP contribution < -0.4 is 0 Å². The lowest BCUT2D eigenvalue weighted by molar-refractivity contribution is 0.281. The zero-order valence-corrected chi connectivity index (χ0v) is 11.3. The second kappa shape index (κ2) is 5.85. The van der Waals surface area contributed by atoms with E-state index < -0.39 is 0 Å².